The van der Waals surface area contributed by atoms with E-state index < -0.39 is 5.91 Å². The highest BCUT2D eigenvalue weighted by atomic mass is 16.5. The maximum Gasteiger partial charge on any atom is 0.267 e. The molecule has 6 heteroatoms. The molecule has 2 aromatic carbocycles. The average Bonchev–Trinajstić information content (AvgIpc) is 2.68. The second kappa shape index (κ2) is 9.88. The molecule has 0 saturated heterocycles. The minimum absolute atomic E-state index is 0.0240. The van der Waals surface area contributed by atoms with Gasteiger partial charge in [0, 0.05) is 18.8 Å². The third kappa shape index (κ3) is 5.79. The predicted octanol–water partition coefficient (Wildman–Crippen LogP) is 3.19. The van der Waals surface area contributed by atoms with Crippen LogP contribution in [0.5, 0.6) is 11.5 Å². The molecular formula is C21H23N3O3. The van der Waals surface area contributed by atoms with Crippen LogP contribution in [0.25, 0.3) is 0 Å². The van der Waals surface area contributed by atoms with Crippen molar-refractivity contribution in [3.63, 3.8) is 0 Å². The molecule has 0 saturated carbocycles. The van der Waals surface area contributed by atoms with Gasteiger partial charge in [0.15, 0.2) is 0 Å². The van der Waals surface area contributed by atoms with E-state index in [0.717, 1.165) is 6.42 Å². The Hall–Kier alpha value is -3.46. The van der Waals surface area contributed by atoms with E-state index in [9.17, 15) is 10.1 Å². The van der Waals surface area contributed by atoms with E-state index in [1.807, 2.05) is 31.2 Å². The van der Waals surface area contributed by atoms with E-state index in [0.29, 0.717) is 23.7 Å². The van der Waals surface area contributed by atoms with Crippen LogP contribution < -0.4 is 20.1 Å². The number of methoxy groups -OCH3 is 2. The van der Waals surface area contributed by atoms with Crippen molar-refractivity contribution in [2.24, 2.45) is 0 Å². The van der Waals surface area contributed by atoms with Gasteiger partial charge in [-0.05, 0) is 31.0 Å². The number of amides is 1. The van der Waals surface area contributed by atoms with Crippen LogP contribution in [-0.4, -0.2) is 26.7 Å². The normalized spacial score (nSPS) is 10.7. The van der Waals surface area contributed by atoms with Crippen LogP contribution in [-0.2, 0) is 11.2 Å². The summed E-state index contributed by atoms with van der Waals surface area (Å²) in [5, 5.41) is 15.0. The van der Waals surface area contributed by atoms with Crippen molar-refractivity contribution in [2.45, 2.75) is 13.3 Å². The number of hydrogen-bond acceptors (Lipinski definition) is 5. The number of benzene rings is 2. The Morgan fingerprint density at radius 1 is 1.19 bits per heavy atom. The molecule has 140 valence electrons. The van der Waals surface area contributed by atoms with Crippen LogP contribution in [0.1, 0.15) is 11.1 Å². The number of anilines is 1. The summed E-state index contributed by atoms with van der Waals surface area (Å²) in [5.74, 6) is 0.533. The van der Waals surface area contributed by atoms with Crippen molar-refractivity contribution >= 4 is 11.6 Å². The number of nitriles is 1. The number of hydrogen-bond donors (Lipinski definition) is 2. The molecular weight excluding hydrogens is 342 g/mol. The second-order valence-corrected chi connectivity index (χ2v) is 5.88. The molecule has 6 nitrogen and oxygen atoms in total. The third-order valence-electron chi connectivity index (χ3n) is 3.91. The molecule has 1 amide bonds. The van der Waals surface area contributed by atoms with Crippen LogP contribution >= 0.6 is 0 Å². The van der Waals surface area contributed by atoms with Crippen LogP contribution in [0.4, 0.5) is 5.69 Å². The smallest absolute Gasteiger partial charge is 0.267 e. The lowest BCUT2D eigenvalue weighted by Crippen LogP contribution is -2.18. The van der Waals surface area contributed by atoms with Gasteiger partial charge in [-0.1, -0.05) is 29.8 Å². The highest BCUT2D eigenvalue weighted by Crippen LogP contribution is 2.29. The van der Waals surface area contributed by atoms with Crippen molar-refractivity contribution in [3.05, 3.63) is 65.4 Å². The molecule has 0 aliphatic rings. The van der Waals surface area contributed by atoms with Crippen molar-refractivity contribution in [1.29, 1.82) is 5.26 Å². The zero-order valence-electron chi connectivity index (χ0n) is 15.7. The van der Waals surface area contributed by atoms with Crippen molar-refractivity contribution < 1.29 is 14.3 Å². The molecule has 2 rings (SSSR count). The van der Waals surface area contributed by atoms with Crippen molar-refractivity contribution in [3.8, 4) is 17.6 Å². The number of nitrogens with zero attached hydrogens (tertiary/aromatic N) is 1. The van der Waals surface area contributed by atoms with E-state index in [1.54, 1.807) is 18.2 Å². The minimum Gasteiger partial charge on any atom is -0.497 e. The zero-order chi connectivity index (χ0) is 19.6. The molecule has 0 atom stereocenters. The zero-order valence-corrected chi connectivity index (χ0v) is 15.7. The first kappa shape index (κ1) is 19.9. The summed E-state index contributed by atoms with van der Waals surface area (Å²) >= 11 is 0. The standard InChI is InChI=1S/C21H23N3O3/c1-15-5-4-6-16(11-15)9-10-23-14-17(13-22)21(25)24-19-12-18(26-2)7-8-20(19)27-3/h4-8,11-12,14,23H,9-10H2,1-3H3,(H,24,25)/b17-14-. The Labute approximate surface area is 159 Å². The van der Waals surface area contributed by atoms with Gasteiger partial charge in [0.25, 0.3) is 5.91 Å². The first-order chi connectivity index (χ1) is 13.1. The van der Waals surface area contributed by atoms with E-state index in [4.69, 9.17) is 9.47 Å². The molecule has 27 heavy (non-hydrogen) atoms. The third-order valence-corrected chi connectivity index (χ3v) is 3.91. The van der Waals surface area contributed by atoms with Gasteiger partial charge < -0.3 is 20.1 Å². The molecule has 0 heterocycles. The SMILES string of the molecule is COc1ccc(OC)c(NC(=O)/C(C#N)=C\NCCc2cccc(C)c2)c1. The van der Waals surface area contributed by atoms with Gasteiger partial charge in [-0.3, -0.25) is 4.79 Å². The maximum absolute atomic E-state index is 12.4. The van der Waals surface area contributed by atoms with Gasteiger partial charge >= 0.3 is 0 Å². The fourth-order valence-electron chi connectivity index (χ4n) is 2.51. The Balaban J connectivity index is 1.99. The van der Waals surface area contributed by atoms with Gasteiger partial charge in [-0.2, -0.15) is 5.26 Å². The highest BCUT2D eigenvalue weighted by molar-refractivity contribution is 6.07. The Bertz CT molecular complexity index is 869. The summed E-state index contributed by atoms with van der Waals surface area (Å²) in [7, 11) is 3.04. The summed E-state index contributed by atoms with van der Waals surface area (Å²) in [4.78, 5) is 12.4. The Morgan fingerprint density at radius 3 is 2.67 bits per heavy atom. The molecule has 0 radical (unpaired) electrons. The average molecular weight is 365 g/mol. The lowest BCUT2D eigenvalue weighted by molar-refractivity contribution is -0.112. The van der Waals surface area contributed by atoms with Crippen molar-refractivity contribution in [1.82, 2.24) is 5.32 Å². The molecule has 2 aromatic rings. The number of nitrogens with one attached hydrogen (secondary N) is 2. The molecule has 0 aliphatic carbocycles. The topological polar surface area (TPSA) is 83.4 Å². The number of ether oxygens (including phenoxy) is 2. The number of carbonyl (C=O) groups excluding carboxylic acids is 1. The summed E-state index contributed by atoms with van der Waals surface area (Å²) in [6, 6.07) is 15.2. The molecule has 0 fully saturated rings. The van der Waals surface area contributed by atoms with E-state index >= 15 is 0 Å². The molecule has 0 aliphatic heterocycles. The highest BCUT2D eigenvalue weighted by Gasteiger charge is 2.13. The van der Waals surface area contributed by atoms with E-state index in [-0.39, 0.29) is 5.57 Å². The fraction of sp³-hybridized carbons (Fsp3) is 0.238. The minimum atomic E-state index is -0.521. The van der Waals surface area contributed by atoms with E-state index in [1.165, 1.54) is 31.5 Å². The van der Waals surface area contributed by atoms with E-state index in [2.05, 4.69) is 16.7 Å². The van der Waals surface area contributed by atoms with Crippen LogP contribution in [0.15, 0.2) is 54.2 Å². The summed E-state index contributed by atoms with van der Waals surface area (Å²) in [6.07, 6.45) is 2.22. The monoisotopic (exact) mass is 365 g/mol. The van der Waals surface area contributed by atoms with Gasteiger partial charge in [0.2, 0.25) is 0 Å². The van der Waals surface area contributed by atoms with Gasteiger partial charge in [-0.25, -0.2) is 0 Å². The first-order valence-corrected chi connectivity index (χ1v) is 8.50. The first-order valence-electron chi connectivity index (χ1n) is 8.50. The summed E-state index contributed by atoms with van der Waals surface area (Å²) in [6.45, 7) is 2.66. The largest absolute Gasteiger partial charge is 0.497 e. The lowest BCUT2D eigenvalue weighted by atomic mass is 10.1. The quantitative estimate of drug-likeness (QED) is 0.426. The van der Waals surface area contributed by atoms with Crippen LogP contribution in [0.2, 0.25) is 0 Å². The number of aryl methyl sites for hydroxylation is 1. The van der Waals surface area contributed by atoms with Crippen LogP contribution in [0.3, 0.4) is 0 Å². The molecule has 0 bridgehead atoms. The number of rotatable bonds is 8. The lowest BCUT2D eigenvalue weighted by Gasteiger charge is -2.11. The molecule has 0 aromatic heterocycles. The molecule has 0 unspecified atom stereocenters. The van der Waals surface area contributed by atoms with Crippen molar-refractivity contribution in [2.75, 3.05) is 26.1 Å². The van der Waals surface area contributed by atoms with Crippen LogP contribution in [0, 0.1) is 18.3 Å². The fourth-order valence-corrected chi connectivity index (χ4v) is 2.51. The second-order valence-electron chi connectivity index (χ2n) is 5.88. The molecule has 0 spiro atoms. The molecule has 2 N–H and O–H groups in total. The van der Waals surface area contributed by atoms with Gasteiger partial charge in [0.05, 0.1) is 19.9 Å². The maximum atomic E-state index is 12.4. The van der Waals surface area contributed by atoms with Gasteiger partial charge in [-0.15, -0.1) is 0 Å². The number of carbonyl (C=O) groups is 1. The predicted molar refractivity (Wildman–Crippen MR) is 105 cm³/mol. The Morgan fingerprint density at radius 2 is 2.00 bits per heavy atom. The summed E-state index contributed by atoms with van der Waals surface area (Å²) in [5.41, 5.74) is 2.80. The Kier molecular flexibility index (Phi) is 7.26. The van der Waals surface area contributed by atoms with Gasteiger partial charge in [0.1, 0.15) is 23.1 Å². The summed E-state index contributed by atoms with van der Waals surface area (Å²) < 4.78 is 10.4.